The number of carbonyl (C=O) groups excluding carboxylic acids is 1. The van der Waals surface area contributed by atoms with E-state index in [1.807, 2.05) is 6.07 Å². The summed E-state index contributed by atoms with van der Waals surface area (Å²) in [5.41, 5.74) is -0.0466. The summed E-state index contributed by atoms with van der Waals surface area (Å²) in [5, 5.41) is 3.15. The van der Waals surface area contributed by atoms with Crippen LogP contribution in [-0.4, -0.2) is 35.3 Å². The van der Waals surface area contributed by atoms with E-state index >= 15 is 0 Å². The summed E-state index contributed by atoms with van der Waals surface area (Å²) in [4.78, 5) is 38.2. The molecule has 1 N–H and O–H groups in total. The van der Waals surface area contributed by atoms with Crippen molar-refractivity contribution in [3.05, 3.63) is 75.4 Å². The van der Waals surface area contributed by atoms with Crippen molar-refractivity contribution in [1.82, 2.24) is 14.5 Å². The van der Waals surface area contributed by atoms with E-state index in [9.17, 15) is 14.4 Å². The highest BCUT2D eigenvalue weighted by Crippen LogP contribution is 2.10. The van der Waals surface area contributed by atoms with Crippen molar-refractivity contribution in [2.45, 2.75) is 13.0 Å². The molecule has 0 aliphatic rings. The number of nitrogens with one attached hydrogen (secondary N) is 1. The maximum absolute atomic E-state index is 13.0. The molecule has 2 aromatic carbocycles. The first-order valence-electron chi connectivity index (χ1n) is 8.69. The zero-order valence-corrected chi connectivity index (χ0v) is 15.1. The first-order chi connectivity index (χ1) is 13.1. The molecular formula is C20H21N3O4. The van der Waals surface area contributed by atoms with Gasteiger partial charge < -0.3 is 10.1 Å². The molecule has 0 saturated heterocycles. The van der Waals surface area contributed by atoms with Crippen LogP contribution in [0.1, 0.15) is 6.42 Å². The molecule has 0 atom stereocenters. The Morgan fingerprint density at radius 1 is 1.04 bits per heavy atom. The largest absolute Gasteiger partial charge is 0.385 e. The second kappa shape index (κ2) is 8.46. The summed E-state index contributed by atoms with van der Waals surface area (Å²) in [7, 11) is 1.60. The van der Waals surface area contributed by atoms with Crippen LogP contribution in [0.15, 0.2) is 64.2 Å². The van der Waals surface area contributed by atoms with Crippen LogP contribution in [0.4, 0.5) is 0 Å². The van der Waals surface area contributed by atoms with Crippen molar-refractivity contribution < 1.29 is 9.53 Å². The number of amides is 1. The van der Waals surface area contributed by atoms with Crippen molar-refractivity contribution >= 4 is 16.8 Å². The molecule has 0 fully saturated rings. The molecule has 0 aliphatic heterocycles. The molecule has 3 aromatic rings. The van der Waals surface area contributed by atoms with Gasteiger partial charge >= 0.3 is 5.69 Å². The molecule has 140 valence electrons. The van der Waals surface area contributed by atoms with Crippen molar-refractivity contribution in [3.63, 3.8) is 0 Å². The van der Waals surface area contributed by atoms with Crippen LogP contribution in [0.3, 0.4) is 0 Å². The third-order valence-corrected chi connectivity index (χ3v) is 4.21. The smallest absolute Gasteiger partial charge is 0.336 e. The molecule has 0 aliphatic carbocycles. The van der Waals surface area contributed by atoms with Crippen molar-refractivity contribution in [1.29, 1.82) is 0 Å². The Hall–Kier alpha value is -3.19. The van der Waals surface area contributed by atoms with Gasteiger partial charge in [-0.25, -0.2) is 9.36 Å². The Balaban J connectivity index is 2.05. The van der Waals surface area contributed by atoms with E-state index in [1.54, 1.807) is 55.6 Å². The van der Waals surface area contributed by atoms with Gasteiger partial charge in [0.2, 0.25) is 5.91 Å². The molecule has 0 unspecified atom stereocenters. The Bertz CT molecular complexity index is 1050. The van der Waals surface area contributed by atoms with Crippen molar-refractivity contribution in [3.8, 4) is 5.69 Å². The van der Waals surface area contributed by atoms with Gasteiger partial charge in [0.05, 0.1) is 16.6 Å². The molecule has 0 saturated carbocycles. The van der Waals surface area contributed by atoms with Gasteiger partial charge in [-0.05, 0) is 30.7 Å². The fourth-order valence-corrected chi connectivity index (χ4v) is 2.92. The van der Waals surface area contributed by atoms with Crippen LogP contribution in [-0.2, 0) is 16.1 Å². The van der Waals surface area contributed by atoms with Crippen LogP contribution in [0, 0.1) is 0 Å². The minimum absolute atomic E-state index is 0.167. The van der Waals surface area contributed by atoms with Crippen LogP contribution < -0.4 is 16.6 Å². The lowest BCUT2D eigenvalue weighted by Crippen LogP contribution is -2.42. The van der Waals surface area contributed by atoms with E-state index in [4.69, 9.17) is 4.74 Å². The Labute approximate surface area is 155 Å². The van der Waals surface area contributed by atoms with Crippen molar-refractivity contribution in [2.24, 2.45) is 0 Å². The molecule has 3 rings (SSSR count). The number of rotatable bonds is 7. The maximum Gasteiger partial charge on any atom is 0.336 e. The molecule has 7 heteroatoms. The zero-order valence-electron chi connectivity index (χ0n) is 15.1. The fraction of sp³-hybridized carbons (Fsp3) is 0.250. The molecule has 1 aromatic heterocycles. The number of para-hydroxylation sites is 2. The number of ether oxygens (including phenoxy) is 1. The Morgan fingerprint density at radius 3 is 2.48 bits per heavy atom. The van der Waals surface area contributed by atoms with E-state index in [0.29, 0.717) is 36.2 Å². The van der Waals surface area contributed by atoms with Crippen LogP contribution in [0.2, 0.25) is 0 Å². The number of hydrogen-bond acceptors (Lipinski definition) is 4. The summed E-state index contributed by atoms with van der Waals surface area (Å²) >= 11 is 0. The highest BCUT2D eigenvalue weighted by Gasteiger charge is 2.16. The third kappa shape index (κ3) is 3.98. The van der Waals surface area contributed by atoms with E-state index < -0.39 is 11.2 Å². The van der Waals surface area contributed by atoms with Gasteiger partial charge in [0.25, 0.3) is 5.56 Å². The highest BCUT2D eigenvalue weighted by molar-refractivity contribution is 5.81. The summed E-state index contributed by atoms with van der Waals surface area (Å²) in [5.74, 6) is -0.295. The minimum atomic E-state index is -0.544. The fourth-order valence-electron chi connectivity index (χ4n) is 2.92. The lowest BCUT2D eigenvalue weighted by Gasteiger charge is -2.14. The summed E-state index contributed by atoms with van der Waals surface area (Å²) < 4.78 is 7.38. The molecule has 0 bridgehead atoms. The van der Waals surface area contributed by atoms with Gasteiger partial charge in [-0.1, -0.05) is 30.3 Å². The molecule has 27 heavy (non-hydrogen) atoms. The summed E-state index contributed by atoms with van der Waals surface area (Å²) in [6.07, 6.45) is 0.682. The zero-order chi connectivity index (χ0) is 19.2. The lowest BCUT2D eigenvalue weighted by atomic mass is 10.2. The van der Waals surface area contributed by atoms with Gasteiger partial charge in [0, 0.05) is 20.3 Å². The lowest BCUT2D eigenvalue weighted by molar-refractivity contribution is -0.121. The topological polar surface area (TPSA) is 82.3 Å². The van der Waals surface area contributed by atoms with Gasteiger partial charge in [0.1, 0.15) is 6.54 Å². The number of aromatic nitrogens is 2. The van der Waals surface area contributed by atoms with E-state index in [2.05, 4.69) is 5.32 Å². The SMILES string of the molecule is COCCCNC(=O)Cn1c(=O)n(-c2ccccc2)c(=O)c2ccccc21. The average molecular weight is 367 g/mol. The van der Waals surface area contributed by atoms with Crippen molar-refractivity contribution in [2.75, 3.05) is 20.3 Å². The molecule has 1 amide bonds. The molecule has 0 radical (unpaired) electrons. The predicted molar refractivity (Wildman–Crippen MR) is 103 cm³/mol. The number of benzene rings is 2. The Morgan fingerprint density at radius 2 is 1.74 bits per heavy atom. The Kier molecular flexibility index (Phi) is 5.83. The van der Waals surface area contributed by atoms with Crippen LogP contribution in [0.5, 0.6) is 0 Å². The maximum atomic E-state index is 13.0. The van der Waals surface area contributed by atoms with E-state index in [-0.39, 0.29) is 12.5 Å². The normalized spacial score (nSPS) is 10.9. The standard InChI is InChI=1S/C20H21N3O4/c1-27-13-7-12-21-18(24)14-22-17-11-6-5-10-16(17)19(25)23(20(22)26)15-8-3-2-4-9-15/h2-6,8-11H,7,12-14H2,1H3,(H,21,24). The summed E-state index contributed by atoms with van der Waals surface area (Å²) in [6, 6.07) is 15.5. The molecular weight excluding hydrogens is 346 g/mol. The second-order valence-corrected chi connectivity index (χ2v) is 6.06. The van der Waals surface area contributed by atoms with E-state index in [1.165, 1.54) is 4.57 Å². The van der Waals surface area contributed by atoms with Gasteiger partial charge in [-0.2, -0.15) is 0 Å². The molecule has 1 heterocycles. The first-order valence-corrected chi connectivity index (χ1v) is 8.69. The quantitative estimate of drug-likeness (QED) is 0.638. The van der Waals surface area contributed by atoms with Crippen LogP contribution >= 0.6 is 0 Å². The predicted octanol–water partition coefficient (Wildman–Crippen LogP) is 1.31. The number of fused-ring (bicyclic) bond motifs is 1. The third-order valence-electron chi connectivity index (χ3n) is 4.21. The molecule has 0 spiro atoms. The van der Waals surface area contributed by atoms with E-state index in [0.717, 1.165) is 4.57 Å². The van der Waals surface area contributed by atoms with Crippen LogP contribution in [0.25, 0.3) is 16.6 Å². The number of methoxy groups -OCH3 is 1. The number of nitrogens with zero attached hydrogens (tertiary/aromatic N) is 2. The van der Waals surface area contributed by atoms with Gasteiger partial charge in [-0.15, -0.1) is 0 Å². The molecule has 7 nitrogen and oxygen atoms in total. The monoisotopic (exact) mass is 367 g/mol. The highest BCUT2D eigenvalue weighted by atomic mass is 16.5. The summed E-state index contributed by atoms with van der Waals surface area (Å²) in [6.45, 7) is 0.833. The average Bonchev–Trinajstić information content (AvgIpc) is 2.69. The number of hydrogen-bond donors (Lipinski definition) is 1. The van der Waals surface area contributed by atoms with Gasteiger partial charge in [0.15, 0.2) is 0 Å². The van der Waals surface area contributed by atoms with Gasteiger partial charge in [-0.3, -0.25) is 14.2 Å². The first kappa shape index (κ1) is 18.6. The number of carbonyl (C=O) groups is 1. The second-order valence-electron chi connectivity index (χ2n) is 6.06. The minimum Gasteiger partial charge on any atom is -0.385 e.